The second kappa shape index (κ2) is 7.40. The van der Waals surface area contributed by atoms with Crippen LogP contribution >= 0.6 is 0 Å². The monoisotopic (exact) mass is 314 g/mol. The first-order chi connectivity index (χ1) is 11.1. The van der Waals surface area contributed by atoms with E-state index in [4.69, 9.17) is 9.47 Å². The van der Waals surface area contributed by atoms with E-state index < -0.39 is 0 Å². The van der Waals surface area contributed by atoms with E-state index in [0.717, 1.165) is 18.4 Å². The largest absolute Gasteiger partial charge is 0.460 e. The molecular weight excluding hydrogens is 292 g/mol. The van der Waals surface area contributed by atoms with Gasteiger partial charge >= 0.3 is 5.97 Å². The number of ether oxygens (including phenoxy) is 2. The molecule has 0 bridgehead atoms. The lowest BCUT2D eigenvalue weighted by Gasteiger charge is -2.16. The second-order valence-electron chi connectivity index (χ2n) is 5.90. The number of esters is 1. The highest BCUT2D eigenvalue weighted by Crippen LogP contribution is 2.50. The average Bonchev–Trinajstić information content (AvgIpc) is 3.35. The van der Waals surface area contributed by atoms with Crippen molar-refractivity contribution in [1.29, 1.82) is 0 Å². The Hall–Kier alpha value is -2.16. The van der Waals surface area contributed by atoms with Gasteiger partial charge in [0.15, 0.2) is 0 Å². The van der Waals surface area contributed by atoms with E-state index in [1.807, 2.05) is 30.2 Å². The molecule has 1 atom stereocenters. The zero-order chi connectivity index (χ0) is 16.9. The van der Waals surface area contributed by atoms with Crippen LogP contribution in [-0.4, -0.2) is 25.1 Å². The van der Waals surface area contributed by atoms with E-state index in [2.05, 4.69) is 6.58 Å². The smallest absolute Gasteiger partial charge is 0.312 e. The van der Waals surface area contributed by atoms with Gasteiger partial charge in [0.2, 0.25) is 0 Å². The Kier molecular flexibility index (Phi) is 5.54. The molecule has 1 aromatic rings. The van der Waals surface area contributed by atoms with Gasteiger partial charge in [-0.15, -0.1) is 6.58 Å². The normalized spacial score (nSPS) is 16.1. The van der Waals surface area contributed by atoms with Crippen molar-refractivity contribution in [3.63, 3.8) is 0 Å². The first-order valence-corrected chi connectivity index (χ1v) is 7.72. The molecule has 23 heavy (non-hydrogen) atoms. The lowest BCUT2D eigenvalue weighted by Crippen LogP contribution is -2.19. The number of hydrogen-bond acceptors (Lipinski definition) is 4. The Labute approximate surface area is 136 Å². The van der Waals surface area contributed by atoms with Crippen LogP contribution < -0.4 is 0 Å². The van der Waals surface area contributed by atoms with Crippen LogP contribution in [0.15, 0.2) is 36.9 Å². The fraction of sp³-hybridized carbons (Fsp3) is 0.421. The SMILES string of the molecule is C=CCC1(C(=O)OCc2ccccc2C(=C=O)C(C)OC)CC1. The number of benzene rings is 1. The van der Waals surface area contributed by atoms with E-state index in [1.165, 1.54) is 7.11 Å². The summed E-state index contributed by atoms with van der Waals surface area (Å²) in [5.41, 5.74) is 1.53. The molecule has 0 saturated heterocycles. The highest BCUT2D eigenvalue weighted by Gasteiger charge is 2.50. The van der Waals surface area contributed by atoms with Gasteiger partial charge in [0.1, 0.15) is 12.5 Å². The van der Waals surface area contributed by atoms with E-state index in [0.29, 0.717) is 17.6 Å². The minimum atomic E-state index is -0.375. The predicted molar refractivity (Wildman–Crippen MR) is 88.3 cm³/mol. The number of allylic oxidation sites excluding steroid dienone is 1. The zero-order valence-corrected chi connectivity index (χ0v) is 13.6. The standard InChI is InChI=1S/C19H22O4/c1-4-9-19(10-11-19)18(21)23-13-15-7-5-6-8-16(15)17(12-20)14(2)22-3/h4-8,14H,1,9-11,13H2,2-3H3. The summed E-state index contributed by atoms with van der Waals surface area (Å²) in [6.45, 7) is 5.61. The van der Waals surface area contributed by atoms with Crippen LogP contribution in [0.1, 0.15) is 37.3 Å². The highest BCUT2D eigenvalue weighted by molar-refractivity contribution is 5.90. The van der Waals surface area contributed by atoms with Gasteiger partial charge in [-0.25, -0.2) is 4.79 Å². The molecule has 1 unspecified atom stereocenters. The Morgan fingerprint density at radius 2 is 2.13 bits per heavy atom. The summed E-state index contributed by atoms with van der Waals surface area (Å²) in [5, 5.41) is 0. The van der Waals surface area contributed by atoms with Crippen molar-refractivity contribution in [1.82, 2.24) is 0 Å². The minimum absolute atomic E-state index is 0.134. The minimum Gasteiger partial charge on any atom is -0.460 e. The van der Waals surface area contributed by atoms with Crippen molar-refractivity contribution in [2.24, 2.45) is 5.41 Å². The molecule has 2 rings (SSSR count). The van der Waals surface area contributed by atoms with Crippen molar-refractivity contribution >= 4 is 17.5 Å². The molecule has 0 heterocycles. The number of carbonyl (C=O) groups excluding carboxylic acids is 2. The van der Waals surface area contributed by atoms with E-state index in [9.17, 15) is 9.59 Å². The molecule has 1 aliphatic rings. The van der Waals surface area contributed by atoms with Crippen LogP contribution in [0.4, 0.5) is 0 Å². The number of methoxy groups -OCH3 is 1. The number of rotatable bonds is 8. The number of hydrogen-bond donors (Lipinski definition) is 0. The van der Waals surface area contributed by atoms with Crippen molar-refractivity contribution in [2.45, 2.75) is 38.9 Å². The molecule has 0 N–H and O–H groups in total. The summed E-state index contributed by atoms with van der Waals surface area (Å²) >= 11 is 0. The summed E-state index contributed by atoms with van der Waals surface area (Å²) in [6, 6.07) is 7.34. The average molecular weight is 314 g/mol. The van der Waals surface area contributed by atoms with Crippen molar-refractivity contribution in [3.05, 3.63) is 48.0 Å². The molecule has 0 aliphatic heterocycles. The first kappa shape index (κ1) is 17.2. The summed E-state index contributed by atoms with van der Waals surface area (Å²) in [6.07, 6.45) is 3.72. The van der Waals surface area contributed by atoms with Gasteiger partial charge in [-0.3, -0.25) is 4.79 Å². The molecule has 4 heteroatoms. The molecule has 1 aromatic carbocycles. The molecule has 4 nitrogen and oxygen atoms in total. The highest BCUT2D eigenvalue weighted by atomic mass is 16.5. The molecule has 0 radical (unpaired) electrons. The molecule has 122 valence electrons. The quantitative estimate of drug-likeness (QED) is 0.419. The van der Waals surface area contributed by atoms with Crippen LogP contribution in [0.25, 0.3) is 5.57 Å². The third kappa shape index (κ3) is 3.79. The maximum atomic E-state index is 12.3. The lowest BCUT2D eigenvalue weighted by molar-refractivity contribution is -0.151. The Bertz CT molecular complexity index is 637. The summed E-state index contributed by atoms with van der Waals surface area (Å²) in [7, 11) is 1.54. The number of carbonyl (C=O) groups is 1. The van der Waals surface area contributed by atoms with Crippen LogP contribution in [0.2, 0.25) is 0 Å². The zero-order valence-electron chi connectivity index (χ0n) is 13.6. The predicted octanol–water partition coefficient (Wildman–Crippen LogP) is 3.34. The van der Waals surface area contributed by atoms with Gasteiger partial charge in [0.05, 0.1) is 17.1 Å². The fourth-order valence-electron chi connectivity index (χ4n) is 2.60. The van der Waals surface area contributed by atoms with E-state index in [1.54, 1.807) is 13.0 Å². The summed E-state index contributed by atoms with van der Waals surface area (Å²) in [4.78, 5) is 23.5. The van der Waals surface area contributed by atoms with Crippen LogP contribution in [0.3, 0.4) is 0 Å². The molecule has 1 aliphatic carbocycles. The first-order valence-electron chi connectivity index (χ1n) is 7.72. The van der Waals surface area contributed by atoms with Gasteiger partial charge < -0.3 is 9.47 Å². The Morgan fingerprint density at radius 3 is 2.70 bits per heavy atom. The van der Waals surface area contributed by atoms with Crippen molar-refractivity contribution in [2.75, 3.05) is 7.11 Å². The Morgan fingerprint density at radius 1 is 1.43 bits per heavy atom. The van der Waals surface area contributed by atoms with E-state index >= 15 is 0 Å². The van der Waals surface area contributed by atoms with Gasteiger partial charge in [0.25, 0.3) is 0 Å². The third-order valence-corrected chi connectivity index (χ3v) is 4.36. The van der Waals surface area contributed by atoms with Crippen LogP contribution in [0.5, 0.6) is 0 Å². The van der Waals surface area contributed by atoms with Crippen LogP contribution in [-0.2, 0) is 25.7 Å². The fourth-order valence-corrected chi connectivity index (χ4v) is 2.60. The molecule has 0 spiro atoms. The summed E-state index contributed by atoms with van der Waals surface area (Å²) in [5.74, 6) is 1.76. The van der Waals surface area contributed by atoms with Crippen molar-refractivity contribution in [3.8, 4) is 0 Å². The van der Waals surface area contributed by atoms with Crippen molar-refractivity contribution < 1.29 is 19.1 Å². The van der Waals surface area contributed by atoms with Gasteiger partial charge in [-0.05, 0) is 37.3 Å². The molecule has 0 aromatic heterocycles. The van der Waals surface area contributed by atoms with Crippen LogP contribution in [0, 0.1) is 5.41 Å². The Balaban J connectivity index is 2.14. The van der Waals surface area contributed by atoms with Gasteiger partial charge in [-0.1, -0.05) is 30.3 Å². The van der Waals surface area contributed by atoms with E-state index in [-0.39, 0.29) is 24.1 Å². The maximum Gasteiger partial charge on any atom is 0.312 e. The lowest BCUT2D eigenvalue weighted by atomic mass is 9.97. The maximum absolute atomic E-state index is 12.3. The molecule has 1 saturated carbocycles. The molecular formula is C19H22O4. The second-order valence-corrected chi connectivity index (χ2v) is 5.90. The van der Waals surface area contributed by atoms with Gasteiger partial charge in [-0.2, -0.15) is 0 Å². The summed E-state index contributed by atoms with van der Waals surface area (Å²) < 4.78 is 10.7. The van der Waals surface area contributed by atoms with Gasteiger partial charge in [0, 0.05) is 7.11 Å². The molecule has 0 amide bonds. The topological polar surface area (TPSA) is 52.6 Å². The molecule has 1 fully saturated rings. The third-order valence-electron chi connectivity index (χ3n) is 4.36.